The van der Waals surface area contributed by atoms with Crippen molar-refractivity contribution in [1.29, 1.82) is 0 Å². The molecule has 0 radical (unpaired) electrons. The maximum absolute atomic E-state index is 13.5. The van der Waals surface area contributed by atoms with Crippen molar-refractivity contribution in [2.75, 3.05) is 0 Å². The molecule has 3 aromatic heterocycles. The first kappa shape index (κ1) is 30.0. The minimum Gasteiger partial charge on any atom is -0.267 e. The molecule has 0 saturated heterocycles. The Labute approximate surface area is 232 Å². The molecule has 218 valence electrons. The summed E-state index contributed by atoms with van der Waals surface area (Å²) in [5.74, 6) is -0.203. The van der Waals surface area contributed by atoms with Crippen LogP contribution < -0.4 is 5.56 Å². The van der Waals surface area contributed by atoms with Gasteiger partial charge in [-0.1, -0.05) is 31.4 Å². The Balaban J connectivity index is 0.000000417. The van der Waals surface area contributed by atoms with Crippen molar-refractivity contribution >= 4 is 0 Å². The third-order valence-electron chi connectivity index (χ3n) is 6.78. The van der Waals surface area contributed by atoms with E-state index in [1.54, 1.807) is 12.1 Å². The minimum absolute atomic E-state index is 0.0406. The normalized spacial score (nSPS) is 14.1. The number of hydrogen-bond donors (Lipinski definition) is 0. The second-order valence-corrected chi connectivity index (χ2v) is 9.92. The summed E-state index contributed by atoms with van der Waals surface area (Å²) in [5.41, 5.74) is 0.395. The van der Waals surface area contributed by atoms with Gasteiger partial charge < -0.3 is 0 Å². The number of nitrogens with zero attached hydrogens (tertiary/aromatic N) is 5. The van der Waals surface area contributed by atoms with Crippen molar-refractivity contribution in [1.82, 2.24) is 24.5 Å². The van der Waals surface area contributed by atoms with Gasteiger partial charge in [0.15, 0.2) is 0 Å². The van der Waals surface area contributed by atoms with Crippen molar-refractivity contribution in [3.05, 3.63) is 99.6 Å². The van der Waals surface area contributed by atoms with Gasteiger partial charge in [-0.2, -0.15) is 23.4 Å². The van der Waals surface area contributed by atoms with Gasteiger partial charge in [0.05, 0.1) is 29.7 Å². The molecule has 0 N–H and O–H groups in total. The van der Waals surface area contributed by atoms with Gasteiger partial charge in [0, 0.05) is 23.5 Å². The number of halogens is 6. The third-order valence-corrected chi connectivity index (χ3v) is 6.78. The summed E-state index contributed by atoms with van der Waals surface area (Å²) in [6.07, 6.45) is 1.29. The number of hydrogen-bond acceptors (Lipinski definition) is 4. The standard InChI is InChI=1S/C22H22F5N5O.C7H7F/c23-20(24)13-31-11-15(10-29-31)18-9-16(14-5-2-1-3-6-14)21(33)32(30-18)12-19-17(22(25,26)27)7-4-8-28-19;1-6-3-2-4-7(8)5-6/h4,7-11,14,20H,1-3,5-6,12-13H2;2-5H,1H3. The fourth-order valence-electron chi connectivity index (χ4n) is 4.82. The molecule has 4 aromatic rings. The Morgan fingerprint density at radius 1 is 1.05 bits per heavy atom. The minimum atomic E-state index is -4.63. The van der Waals surface area contributed by atoms with Crippen LogP contribution in [0.5, 0.6) is 0 Å². The van der Waals surface area contributed by atoms with E-state index in [0.717, 1.165) is 53.1 Å². The van der Waals surface area contributed by atoms with Gasteiger partial charge in [0.25, 0.3) is 12.0 Å². The highest BCUT2D eigenvalue weighted by molar-refractivity contribution is 5.57. The van der Waals surface area contributed by atoms with Crippen LogP contribution in [0.15, 0.2) is 65.8 Å². The molecule has 1 aliphatic carbocycles. The Morgan fingerprint density at radius 2 is 1.80 bits per heavy atom. The summed E-state index contributed by atoms with van der Waals surface area (Å²) in [7, 11) is 0. The lowest BCUT2D eigenvalue weighted by Crippen LogP contribution is -2.30. The Bertz CT molecular complexity index is 1490. The predicted octanol–water partition coefficient (Wildman–Crippen LogP) is 7.02. The van der Waals surface area contributed by atoms with Gasteiger partial charge in [-0.3, -0.25) is 14.5 Å². The topological polar surface area (TPSA) is 65.6 Å². The Kier molecular flexibility index (Phi) is 9.61. The van der Waals surface area contributed by atoms with Gasteiger partial charge in [0.1, 0.15) is 12.4 Å². The first-order valence-electron chi connectivity index (χ1n) is 13.2. The van der Waals surface area contributed by atoms with Gasteiger partial charge in [-0.05, 0) is 61.6 Å². The highest BCUT2D eigenvalue weighted by atomic mass is 19.4. The van der Waals surface area contributed by atoms with E-state index in [0.29, 0.717) is 16.8 Å². The lowest BCUT2D eigenvalue weighted by atomic mass is 9.84. The van der Waals surface area contributed by atoms with Gasteiger partial charge in [-0.25, -0.2) is 17.9 Å². The number of pyridine rings is 1. The van der Waals surface area contributed by atoms with E-state index in [4.69, 9.17) is 0 Å². The fraction of sp³-hybridized carbons (Fsp3) is 0.379. The molecule has 1 aromatic carbocycles. The number of alkyl halides is 5. The quantitative estimate of drug-likeness (QED) is 0.231. The molecular formula is C29H29F6N5O. The van der Waals surface area contributed by atoms with E-state index < -0.39 is 36.8 Å². The van der Waals surface area contributed by atoms with Crippen molar-refractivity contribution < 1.29 is 26.3 Å². The highest BCUT2D eigenvalue weighted by Crippen LogP contribution is 2.33. The molecule has 0 atom stereocenters. The summed E-state index contributed by atoms with van der Waals surface area (Å²) < 4.78 is 80.0. The molecule has 1 saturated carbocycles. The Morgan fingerprint density at radius 3 is 2.44 bits per heavy atom. The first-order chi connectivity index (χ1) is 19.5. The maximum atomic E-state index is 13.5. The average Bonchev–Trinajstić information content (AvgIpc) is 3.38. The molecule has 0 unspecified atom stereocenters. The van der Waals surface area contributed by atoms with Crippen LogP contribution in [0, 0.1) is 12.7 Å². The number of aryl methyl sites for hydroxylation is 1. The average molecular weight is 578 g/mol. The second-order valence-electron chi connectivity index (χ2n) is 9.92. The molecule has 3 heterocycles. The van der Waals surface area contributed by atoms with Crippen molar-refractivity contribution in [3.8, 4) is 11.3 Å². The summed E-state index contributed by atoms with van der Waals surface area (Å²) in [4.78, 5) is 17.1. The number of benzene rings is 1. The van der Waals surface area contributed by atoms with Gasteiger partial charge in [-0.15, -0.1) is 0 Å². The molecular weight excluding hydrogens is 548 g/mol. The van der Waals surface area contributed by atoms with Crippen LogP contribution in [0.2, 0.25) is 0 Å². The molecule has 0 amide bonds. The second kappa shape index (κ2) is 13.1. The van der Waals surface area contributed by atoms with E-state index in [2.05, 4.69) is 15.2 Å². The third kappa shape index (κ3) is 8.05. The summed E-state index contributed by atoms with van der Waals surface area (Å²) in [6.45, 7) is 0.800. The van der Waals surface area contributed by atoms with Crippen LogP contribution in [0.4, 0.5) is 26.3 Å². The van der Waals surface area contributed by atoms with Crippen molar-refractivity contribution in [2.45, 2.75) is 70.6 Å². The van der Waals surface area contributed by atoms with E-state index in [1.807, 2.05) is 13.0 Å². The van der Waals surface area contributed by atoms with Crippen molar-refractivity contribution in [2.24, 2.45) is 0 Å². The van der Waals surface area contributed by atoms with Crippen LogP contribution in [-0.2, 0) is 19.3 Å². The SMILES string of the molecule is Cc1cccc(F)c1.O=c1c(C2CCCCC2)cc(-c2cnn(CC(F)F)c2)nn1Cc1ncccc1C(F)(F)F. The predicted molar refractivity (Wildman–Crippen MR) is 141 cm³/mol. The maximum Gasteiger partial charge on any atom is 0.418 e. The smallest absolute Gasteiger partial charge is 0.267 e. The van der Waals surface area contributed by atoms with E-state index in [-0.39, 0.29) is 17.4 Å². The van der Waals surface area contributed by atoms with Crippen molar-refractivity contribution in [3.63, 3.8) is 0 Å². The zero-order valence-corrected chi connectivity index (χ0v) is 22.3. The summed E-state index contributed by atoms with van der Waals surface area (Å²) in [5, 5.41) is 8.17. The fourth-order valence-corrected chi connectivity index (χ4v) is 4.82. The molecule has 1 aliphatic rings. The summed E-state index contributed by atoms with van der Waals surface area (Å²) >= 11 is 0. The molecule has 41 heavy (non-hydrogen) atoms. The lowest BCUT2D eigenvalue weighted by Gasteiger charge is -2.22. The van der Waals surface area contributed by atoms with Crippen LogP contribution >= 0.6 is 0 Å². The van der Waals surface area contributed by atoms with Crippen LogP contribution in [0.25, 0.3) is 11.3 Å². The molecule has 0 aliphatic heterocycles. The van der Waals surface area contributed by atoms with Crippen LogP contribution in [0.1, 0.15) is 60.4 Å². The summed E-state index contributed by atoms with van der Waals surface area (Å²) in [6, 6.07) is 10.2. The number of aromatic nitrogens is 5. The molecule has 5 rings (SSSR count). The molecule has 0 bridgehead atoms. The monoisotopic (exact) mass is 577 g/mol. The van der Waals surface area contributed by atoms with E-state index >= 15 is 0 Å². The largest absolute Gasteiger partial charge is 0.418 e. The molecule has 6 nitrogen and oxygen atoms in total. The van der Waals surface area contributed by atoms with Crippen LogP contribution in [0.3, 0.4) is 0 Å². The van der Waals surface area contributed by atoms with E-state index in [9.17, 15) is 31.1 Å². The highest BCUT2D eigenvalue weighted by Gasteiger charge is 2.34. The first-order valence-corrected chi connectivity index (χ1v) is 13.2. The zero-order chi connectivity index (χ0) is 29.6. The lowest BCUT2D eigenvalue weighted by molar-refractivity contribution is -0.138. The van der Waals surface area contributed by atoms with Crippen LogP contribution in [-0.4, -0.2) is 31.0 Å². The number of rotatable bonds is 6. The van der Waals surface area contributed by atoms with Gasteiger partial charge >= 0.3 is 6.18 Å². The van der Waals surface area contributed by atoms with E-state index in [1.165, 1.54) is 36.8 Å². The van der Waals surface area contributed by atoms with Gasteiger partial charge in [0.2, 0.25) is 0 Å². The molecule has 12 heteroatoms. The Hall–Kier alpha value is -3.96. The molecule has 0 spiro atoms. The molecule has 1 fully saturated rings. The zero-order valence-electron chi connectivity index (χ0n) is 22.3.